The lowest BCUT2D eigenvalue weighted by molar-refractivity contribution is -0.131. The highest BCUT2D eigenvalue weighted by Gasteiger charge is 2.05. The number of carboxylic acids is 1. The van der Waals surface area contributed by atoms with Crippen molar-refractivity contribution in [3.63, 3.8) is 0 Å². The van der Waals surface area contributed by atoms with Crippen LogP contribution in [0.15, 0.2) is 66.8 Å². The minimum atomic E-state index is -0.983. The second-order valence-electron chi connectivity index (χ2n) is 4.74. The van der Waals surface area contributed by atoms with Gasteiger partial charge in [0.2, 0.25) is 0 Å². The number of ether oxygens (including phenoxy) is 1. The summed E-state index contributed by atoms with van der Waals surface area (Å²) in [7, 11) is 0. The SMILES string of the molecule is CCOc1ccc(/C(=C/C=C/C(=O)O)c2ccc(Cl)cc2)cc1. The van der Waals surface area contributed by atoms with Crippen molar-refractivity contribution in [3.05, 3.63) is 82.9 Å². The zero-order chi connectivity index (χ0) is 16.7. The Hall–Kier alpha value is -2.52. The van der Waals surface area contributed by atoms with E-state index in [4.69, 9.17) is 21.4 Å². The summed E-state index contributed by atoms with van der Waals surface area (Å²) < 4.78 is 5.45. The van der Waals surface area contributed by atoms with Gasteiger partial charge in [0.1, 0.15) is 5.75 Å². The minimum absolute atomic E-state index is 0.612. The van der Waals surface area contributed by atoms with Gasteiger partial charge in [-0.3, -0.25) is 0 Å². The van der Waals surface area contributed by atoms with Crippen molar-refractivity contribution >= 4 is 23.1 Å². The average Bonchev–Trinajstić information content (AvgIpc) is 2.54. The lowest BCUT2D eigenvalue weighted by Crippen LogP contribution is -1.92. The van der Waals surface area contributed by atoms with Gasteiger partial charge >= 0.3 is 5.97 Å². The molecule has 0 radical (unpaired) electrons. The topological polar surface area (TPSA) is 46.5 Å². The molecular weight excluding hydrogens is 312 g/mol. The molecule has 0 aliphatic carbocycles. The third-order valence-corrected chi connectivity index (χ3v) is 3.39. The summed E-state index contributed by atoms with van der Waals surface area (Å²) in [5.41, 5.74) is 2.82. The highest BCUT2D eigenvalue weighted by molar-refractivity contribution is 6.30. The monoisotopic (exact) mass is 328 g/mol. The Kier molecular flexibility index (Phi) is 6.01. The molecule has 0 fully saturated rings. The Labute approximate surface area is 140 Å². The Bertz CT molecular complexity index is 713. The molecule has 2 aromatic rings. The summed E-state index contributed by atoms with van der Waals surface area (Å²) >= 11 is 5.94. The molecule has 4 heteroatoms. The fraction of sp³-hybridized carbons (Fsp3) is 0.105. The lowest BCUT2D eigenvalue weighted by atomic mass is 9.97. The maximum absolute atomic E-state index is 10.7. The standard InChI is InChI=1S/C19H17ClO3/c1-2-23-17-12-8-15(9-13-17)18(4-3-5-19(21)22)14-6-10-16(20)11-7-14/h3-13H,2H2,1H3,(H,21,22)/b5-3+,18-4+. The highest BCUT2D eigenvalue weighted by atomic mass is 35.5. The van der Waals surface area contributed by atoms with E-state index in [9.17, 15) is 4.79 Å². The molecule has 0 saturated carbocycles. The van der Waals surface area contributed by atoms with E-state index in [0.29, 0.717) is 11.6 Å². The number of allylic oxidation sites excluding steroid dienone is 2. The first-order valence-electron chi connectivity index (χ1n) is 7.20. The molecule has 1 N–H and O–H groups in total. The van der Waals surface area contributed by atoms with Crippen molar-refractivity contribution in [2.75, 3.05) is 6.61 Å². The van der Waals surface area contributed by atoms with Crippen molar-refractivity contribution < 1.29 is 14.6 Å². The van der Waals surface area contributed by atoms with E-state index in [-0.39, 0.29) is 0 Å². The predicted octanol–water partition coefficient (Wildman–Crippen LogP) is 4.81. The molecule has 3 nitrogen and oxygen atoms in total. The molecule has 0 spiro atoms. The van der Waals surface area contributed by atoms with Crippen LogP contribution in [0.3, 0.4) is 0 Å². The smallest absolute Gasteiger partial charge is 0.328 e. The van der Waals surface area contributed by atoms with Crippen LogP contribution in [0.4, 0.5) is 0 Å². The molecule has 2 aromatic carbocycles. The van der Waals surface area contributed by atoms with Crippen molar-refractivity contribution in [1.29, 1.82) is 0 Å². The van der Waals surface area contributed by atoms with Gasteiger partial charge in [0.15, 0.2) is 0 Å². The van der Waals surface area contributed by atoms with Gasteiger partial charge in [0.25, 0.3) is 0 Å². The van der Waals surface area contributed by atoms with Gasteiger partial charge in [-0.1, -0.05) is 48.0 Å². The van der Waals surface area contributed by atoms with E-state index < -0.39 is 5.97 Å². The van der Waals surface area contributed by atoms with Gasteiger partial charge in [0, 0.05) is 11.1 Å². The van der Waals surface area contributed by atoms with E-state index in [1.54, 1.807) is 18.2 Å². The summed E-state index contributed by atoms with van der Waals surface area (Å²) in [5, 5.41) is 9.40. The number of carbonyl (C=O) groups is 1. The molecule has 0 amide bonds. The molecule has 0 saturated heterocycles. The van der Waals surface area contributed by atoms with Crippen LogP contribution < -0.4 is 4.74 Å². The number of halogens is 1. The summed E-state index contributed by atoms with van der Waals surface area (Å²) in [4.78, 5) is 10.7. The van der Waals surface area contributed by atoms with Crippen LogP contribution in [0.5, 0.6) is 5.75 Å². The molecule has 0 unspecified atom stereocenters. The van der Waals surface area contributed by atoms with Crippen molar-refractivity contribution in [3.8, 4) is 5.75 Å². The number of rotatable bonds is 6. The Balaban J connectivity index is 2.40. The van der Waals surface area contributed by atoms with E-state index >= 15 is 0 Å². The first kappa shape index (κ1) is 16.8. The van der Waals surface area contributed by atoms with Crippen LogP contribution in [-0.2, 0) is 4.79 Å². The Morgan fingerprint density at radius 1 is 1.09 bits per heavy atom. The van der Waals surface area contributed by atoms with Crippen LogP contribution in [-0.4, -0.2) is 17.7 Å². The maximum atomic E-state index is 10.7. The summed E-state index contributed by atoms with van der Waals surface area (Å²) in [6.07, 6.45) is 4.39. The van der Waals surface area contributed by atoms with Gasteiger partial charge in [-0.2, -0.15) is 0 Å². The highest BCUT2D eigenvalue weighted by Crippen LogP contribution is 2.26. The van der Waals surface area contributed by atoms with Crippen molar-refractivity contribution in [2.45, 2.75) is 6.92 Å². The minimum Gasteiger partial charge on any atom is -0.494 e. The maximum Gasteiger partial charge on any atom is 0.328 e. The van der Waals surface area contributed by atoms with Gasteiger partial charge < -0.3 is 9.84 Å². The quantitative estimate of drug-likeness (QED) is 0.611. The van der Waals surface area contributed by atoms with Crippen LogP contribution in [0, 0.1) is 0 Å². The first-order valence-corrected chi connectivity index (χ1v) is 7.58. The molecule has 0 aliphatic heterocycles. The fourth-order valence-corrected chi connectivity index (χ4v) is 2.24. The average molecular weight is 329 g/mol. The Morgan fingerprint density at radius 3 is 2.17 bits per heavy atom. The Morgan fingerprint density at radius 2 is 1.65 bits per heavy atom. The molecule has 0 heterocycles. The van der Waals surface area contributed by atoms with Gasteiger partial charge in [-0.15, -0.1) is 0 Å². The molecule has 0 atom stereocenters. The van der Waals surface area contributed by atoms with E-state index in [2.05, 4.69) is 0 Å². The number of aliphatic carboxylic acids is 1. The largest absolute Gasteiger partial charge is 0.494 e. The second kappa shape index (κ2) is 8.20. The number of benzene rings is 2. The van der Waals surface area contributed by atoms with Crippen LogP contribution in [0.25, 0.3) is 5.57 Å². The van der Waals surface area contributed by atoms with Crippen molar-refractivity contribution in [1.82, 2.24) is 0 Å². The molecule has 0 aromatic heterocycles. The zero-order valence-corrected chi connectivity index (χ0v) is 13.5. The zero-order valence-electron chi connectivity index (χ0n) is 12.7. The van der Waals surface area contributed by atoms with Crippen LogP contribution in [0.2, 0.25) is 5.02 Å². The van der Waals surface area contributed by atoms with Gasteiger partial charge in [0.05, 0.1) is 6.61 Å². The van der Waals surface area contributed by atoms with Gasteiger partial charge in [-0.25, -0.2) is 4.79 Å². The van der Waals surface area contributed by atoms with Crippen LogP contribution in [0.1, 0.15) is 18.1 Å². The molecule has 2 rings (SSSR count). The summed E-state index contributed by atoms with van der Waals surface area (Å²) in [6.45, 7) is 2.55. The van der Waals surface area contributed by atoms with Crippen LogP contribution >= 0.6 is 11.6 Å². The third kappa shape index (κ3) is 5.01. The number of carboxylic acid groups (broad SMARTS) is 1. The molecule has 23 heavy (non-hydrogen) atoms. The first-order chi connectivity index (χ1) is 11.1. The number of hydrogen-bond donors (Lipinski definition) is 1. The normalized spacial score (nSPS) is 11.7. The molecule has 118 valence electrons. The van der Waals surface area contributed by atoms with Crippen molar-refractivity contribution in [2.24, 2.45) is 0 Å². The summed E-state index contributed by atoms with van der Waals surface area (Å²) in [5.74, 6) is -0.184. The van der Waals surface area contributed by atoms with E-state index in [1.807, 2.05) is 43.3 Å². The van der Waals surface area contributed by atoms with E-state index in [0.717, 1.165) is 28.5 Å². The van der Waals surface area contributed by atoms with E-state index in [1.165, 1.54) is 6.08 Å². The second-order valence-corrected chi connectivity index (χ2v) is 5.18. The van der Waals surface area contributed by atoms with Gasteiger partial charge in [-0.05, 0) is 47.9 Å². The summed E-state index contributed by atoms with van der Waals surface area (Å²) in [6, 6.07) is 15.1. The molecule has 0 bridgehead atoms. The lowest BCUT2D eigenvalue weighted by Gasteiger charge is -2.09. The molecule has 0 aliphatic rings. The predicted molar refractivity (Wildman–Crippen MR) is 92.9 cm³/mol. The number of hydrogen-bond acceptors (Lipinski definition) is 2. The third-order valence-electron chi connectivity index (χ3n) is 3.13. The fourth-order valence-electron chi connectivity index (χ4n) is 2.11. The molecular formula is C19H17ClO3.